The Morgan fingerprint density at radius 3 is 2.40 bits per heavy atom. The molecule has 0 radical (unpaired) electrons. The first-order valence-corrected chi connectivity index (χ1v) is 6.77. The lowest BCUT2D eigenvalue weighted by molar-refractivity contribution is 0.302. The van der Waals surface area contributed by atoms with E-state index in [9.17, 15) is 4.39 Å². The van der Waals surface area contributed by atoms with E-state index in [1.54, 1.807) is 36.4 Å². The molecule has 0 spiro atoms. The highest BCUT2D eigenvalue weighted by Gasteiger charge is 2.06. The van der Waals surface area contributed by atoms with E-state index in [4.69, 9.17) is 21.6 Å². The van der Waals surface area contributed by atoms with Gasteiger partial charge in [0.1, 0.15) is 0 Å². The maximum absolute atomic E-state index is 13.9. The summed E-state index contributed by atoms with van der Waals surface area (Å²) in [6, 6.07) is 13.9. The van der Waals surface area contributed by atoms with Crippen molar-refractivity contribution >= 4 is 11.6 Å². The second-order valence-corrected chi connectivity index (χ2v) is 4.60. The molecule has 102 valence electrons. The maximum atomic E-state index is 13.9. The van der Waals surface area contributed by atoms with Gasteiger partial charge in [-0.25, -0.2) is 4.39 Å². The smallest absolute Gasteiger partial charge is 0.165 e. The molecule has 2 aromatic rings. The zero-order chi connectivity index (χ0) is 14.4. The Balaban J connectivity index is 2.17. The average Bonchev–Trinajstić information content (AvgIpc) is 2.49. The lowest BCUT2D eigenvalue weighted by atomic mass is 10.0. The van der Waals surface area contributed by atoms with Gasteiger partial charge < -0.3 is 4.74 Å². The highest BCUT2D eigenvalue weighted by molar-refractivity contribution is 6.17. The predicted octanol–water partition coefficient (Wildman–Crippen LogP) is 4.37. The second kappa shape index (κ2) is 6.93. The Hall–Kier alpha value is -2.05. The van der Waals surface area contributed by atoms with Gasteiger partial charge in [-0.2, -0.15) is 5.26 Å². The number of nitriles is 1. The molecular weight excluding hydrogens is 277 g/mol. The number of benzene rings is 2. The normalized spacial score (nSPS) is 10.1. The van der Waals surface area contributed by atoms with Crippen LogP contribution in [0.15, 0.2) is 42.5 Å². The van der Waals surface area contributed by atoms with Gasteiger partial charge in [-0.05, 0) is 41.8 Å². The molecule has 0 saturated heterocycles. The number of hydrogen-bond acceptors (Lipinski definition) is 2. The molecule has 0 heterocycles. The van der Waals surface area contributed by atoms with E-state index in [0.717, 1.165) is 11.1 Å². The van der Waals surface area contributed by atoms with E-state index in [2.05, 4.69) is 0 Å². The van der Waals surface area contributed by atoms with Crippen LogP contribution in [0.25, 0.3) is 11.1 Å². The molecule has 2 rings (SSSR count). The third-order valence-corrected chi connectivity index (χ3v) is 3.08. The molecule has 0 saturated carbocycles. The number of ether oxygens (including phenoxy) is 1. The summed E-state index contributed by atoms with van der Waals surface area (Å²) < 4.78 is 19.2. The maximum Gasteiger partial charge on any atom is 0.165 e. The van der Waals surface area contributed by atoms with Crippen molar-refractivity contribution in [3.05, 3.63) is 53.8 Å². The van der Waals surface area contributed by atoms with Crippen molar-refractivity contribution in [2.45, 2.75) is 6.42 Å². The van der Waals surface area contributed by atoms with Gasteiger partial charge in [0.2, 0.25) is 0 Å². The summed E-state index contributed by atoms with van der Waals surface area (Å²) in [7, 11) is 0. The molecule has 0 bridgehead atoms. The van der Waals surface area contributed by atoms with Crippen molar-refractivity contribution in [2.24, 2.45) is 0 Å². The lowest BCUT2D eigenvalue weighted by Gasteiger charge is -2.08. The van der Waals surface area contributed by atoms with E-state index >= 15 is 0 Å². The monoisotopic (exact) mass is 289 g/mol. The highest BCUT2D eigenvalue weighted by atomic mass is 35.5. The average molecular weight is 290 g/mol. The van der Waals surface area contributed by atoms with E-state index in [1.807, 2.05) is 6.07 Å². The first kappa shape index (κ1) is 14.4. The minimum Gasteiger partial charge on any atom is -0.490 e. The zero-order valence-corrected chi connectivity index (χ0v) is 11.5. The van der Waals surface area contributed by atoms with Crippen LogP contribution in [0.5, 0.6) is 5.75 Å². The van der Waals surface area contributed by atoms with E-state index < -0.39 is 5.82 Å². The van der Waals surface area contributed by atoms with Crippen LogP contribution in [-0.2, 0) is 0 Å². The van der Waals surface area contributed by atoms with Crippen molar-refractivity contribution in [1.82, 2.24) is 0 Å². The van der Waals surface area contributed by atoms with E-state index in [0.29, 0.717) is 24.5 Å². The van der Waals surface area contributed by atoms with Gasteiger partial charge in [-0.3, -0.25) is 0 Å². The summed E-state index contributed by atoms with van der Waals surface area (Å²) in [5.74, 6) is 0.319. The number of hydrogen-bond donors (Lipinski definition) is 0. The molecule has 0 aliphatic rings. The molecule has 0 atom stereocenters. The third kappa shape index (κ3) is 3.49. The molecule has 4 heteroatoms. The zero-order valence-electron chi connectivity index (χ0n) is 10.8. The number of nitrogens with zero attached hydrogens (tertiary/aromatic N) is 1. The molecule has 0 N–H and O–H groups in total. The molecule has 0 unspecified atom stereocenters. The van der Waals surface area contributed by atoms with Crippen LogP contribution in [0.3, 0.4) is 0 Å². The quantitative estimate of drug-likeness (QED) is 0.605. The van der Waals surface area contributed by atoms with Crippen molar-refractivity contribution in [1.29, 1.82) is 5.26 Å². The van der Waals surface area contributed by atoms with Gasteiger partial charge in [-0.15, -0.1) is 11.6 Å². The van der Waals surface area contributed by atoms with Crippen LogP contribution in [-0.4, -0.2) is 12.5 Å². The summed E-state index contributed by atoms with van der Waals surface area (Å²) in [6.07, 6.45) is 0.679. The molecule has 0 aromatic heterocycles. The van der Waals surface area contributed by atoms with Gasteiger partial charge in [0.05, 0.1) is 18.2 Å². The van der Waals surface area contributed by atoms with Crippen molar-refractivity contribution < 1.29 is 9.13 Å². The SMILES string of the molecule is N#Cc1ccc(-c2ccc(OCCCCl)c(F)c2)cc1. The van der Waals surface area contributed by atoms with Crippen molar-refractivity contribution in [3.8, 4) is 22.9 Å². The minimum absolute atomic E-state index is 0.229. The topological polar surface area (TPSA) is 33.0 Å². The number of rotatable bonds is 5. The summed E-state index contributed by atoms with van der Waals surface area (Å²) in [6.45, 7) is 0.399. The molecule has 2 nitrogen and oxygen atoms in total. The second-order valence-electron chi connectivity index (χ2n) is 4.23. The van der Waals surface area contributed by atoms with E-state index in [1.165, 1.54) is 6.07 Å². The van der Waals surface area contributed by atoms with Crippen LogP contribution < -0.4 is 4.74 Å². The summed E-state index contributed by atoms with van der Waals surface area (Å²) in [5.41, 5.74) is 2.18. The molecule has 0 fully saturated rings. The molecule has 2 aromatic carbocycles. The summed E-state index contributed by atoms with van der Waals surface area (Å²) in [5, 5.41) is 8.75. The fourth-order valence-corrected chi connectivity index (χ4v) is 1.88. The first-order valence-electron chi connectivity index (χ1n) is 6.23. The molecule has 0 aliphatic heterocycles. The van der Waals surface area contributed by atoms with Crippen LogP contribution in [0.2, 0.25) is 0 Å². The van der Waals surface area contributed by atoms with Gasteiger partial charge in [-0.1, -0.05) is 18.2 Å². The Morgan fingerprint density at radius 2 is 1.80 bits per heavy atom. The fraction of sp³-hybridized carbons (Fsp3) is 0.188. The molecule has 0 amide bonds. The van der Waals surface area contributed by atoms with Gasteiger partial charge in [0.15, 0.2) is 11.6 Å². The highest BCUT2D eigenvalue weighted by Crippen LogP contribution is 2.26. The van der Waals surface area contributed by atoms with Gasteiger partial charge >= 0.3 is 0 Å². The predicted molar refractivity (Wildman–Crippen MR) is 77.4 cm³/mol. The van der Waals surface area contributed by atoms with Crippen molar-refractivity contribution in [2.75, 3.05) is 12.5 Å². The van der Waals surface area contributed by atoms with Crippen LogP contribution in [0, 0.1) is 17.1 Å². The van der Waals surface area contributed by atoms with Crippen LogP contribution in [0.1, 0.15) is 12.0 Å². The van der Waals surface area contributed by atoms with Crippen LogP contribution >= 0.6 is 11.6 Å². The van der Waals surface area contributed by atoms with Gasteiger partial charge in [0.25, 0.3) is 0 Å². The molecular formula is C16H13ClFNO. The lowest BCUT2D eigenvalue weighted by Crippen LogP contribution is -1.99. The largest absolute Gasteiger partial charge is 0.490 e. The van der Waals surface area contributed by atoms with Crippen molar-refractivity contribution in [3.63, 3.8) is 0 Å². The molecule has 0 aliphatic carbocycles. The van der Waals surface area contributed by atoms with E-state index in [-0.39, 0.29) is 5.75 Å². The Morgan fingerprint density at radius 1 is 1.10 bits per heavy atom. The first-order chi connectivity index (χ1) is 9.74. The van der Waals surface area contributed by atoms with Crippen LogP contribution in [0.4, 0.5) is 4.39 Å². The fourth-order valence-electron chi connectivity index (χ4n) is 1.77. The standard InChI is InChI=1S/C16H13ClFNO/c17-8-1-9-20-16-7-6-14(10-15(16)18)13-4-2-12(11-19)3-5-13/h2-7,10H,1,8-9H2. The minimum atomic E-state index is -0.401. The van der Waals surface area contributed by atoms with Gasteiger partial charge in [0, 0.05) is 5.88 Å². The Kier molecular flexibility index (Phi) is 4.97. The molecule has 20 heavy (non-hydrogen) atoms. The third-order valence-electron chi connectivity index (χ3n) is 2.81. The Labute approximate surface area is 122 Å². The Bertz CT molecular complexity index is 619. The summed E-state index contributed by atoms with van der Waals surface area (Å²) in [4.78, 5) is 0. The number of halogens is 2. The summed E-state index contributed by atoms with van der Waals surface area (Å²) >= 11 is 5.54. The number of alkyl halides is 1.